The summed E-state index contributed by atoms with van der Waals surface area (Å²) < 4.78 is 10.3. The van der Waals surface area contributed by atoms with Crippen molar-refractivity contribution in [1.29, 1.82) is 0 Å². The molecule has 2 rings (SSSR count). The zero-order chi connectivity index (χ0) is 14.0. The summed E-state index contributed by atoms with van der Waals surface area (Å²) in [5.74, 6) is -0.358. The largest absolute Gasteiger partial charge is 0.479 e. The van der Waals surface area contributed by atoms with Crippen LogP contribution in [0.4, 0.5) is 0 Å². The van der Waals surface area contributed by atoms with Crippen LogP contribution in [-0.2, 0) is 9.59 Å². The fourth-order valence-corrected chi connectivity index (χ4v) is 2.21. The van der Waals surface area contributed by atoms with Crippen LogP contribution in [0, 0.1) is 0 Å². The van der Waals surface area contributed by atoms with Gasteiger partial charge in [-0.2, -0.15) is 0 Å². The van der Waals surface area contributed by atoms with Crippen LogP contribution in [0.25, 0.3) is 0 Å². The van der Waals surface area contributed by atoms with Crippen LogP contribution in [0.2, 0.25) is 5.02 Å². The minimum Gasteiger partial charge on any atom is -0.479 e. The molecule has 1 aromatic carbocycles. The Morgan fingerprint density at radius 1 is 1.58 bits per heavy atom. The van der Waals surface area contributed by atoms with E-state index in [1.807, 2.05) is 0 Å². The third-order valence-electron chi connectivity index (χ3n) is 2.83. The molecule has 6 nitrogen and oxygen atoms in total. The average Bonchev–Trinajstić information content (AvgIpc) is 2.83. The summed E-state index contributed by atoms with van der Waals surface area (Å²) in [6, 6.07) is 1.90. The molecule has 1 aliphatic heterocycles. The van der Waals surface area contributed by atoms with E-state index in [9.17, 15) is 14.7 Å². The van der Waals surface area contributed by atoms with E-state index >= 15 is 0 Å². The van der Waals surface area contributed by atoms with Crippen molar-refractivity contribution in [1.82, 2.24) is 4.90 Å². The first-order valence-corrected chi connectivity index (χ1v) is 5.99. The molecule has 1 amide bonds. The van der Waals surface area contributed by atoms with Gasteiger partial charge in [0.25, 0.3) is 0 Å². The summed E-state index contributed by atoms with van der Waals surface area (Å²) in [6.07, 6.45) is 0.497. The number of benzene rings is 1. The Labute approximate surface area is 114 Å². The molecule has 7 heteroatoms. The summed E-state index contributed by atoms with van der Waals surface area (Å²) in [6.45, 7) is 2.01. The molecule has 1 aliphatic rings. The van der Waals surface area contributed by atoms with Crippen molar-refractivity contribution in [2.24, 2.45) is 0 Å². The maximum absolute atomic E-state index is 11.4. The second-order valence-electron chi connectivity index (χ2n) is 3.91. The number of aliphatic carboxylic acids is 1. The number of carbonyl (C=O) groups is 2. The first kappa shape index (κ1) is 13.5. The first-order chi connectivity index (χ1) is 9.08. The number of hydrogen-bond donors (Lipinski definition) is 1. The van der Waals surface area contributed by atoms with E-state index in [1.54, 1.807) is 6.92 Å². The second kappa shape index (κ2) is 5.36. The fraction of sp³-hybridized carbons (Fsp3) is 0.333. The molecule has 1 atom stereocenters. The second-order valence-corrected chi connectivity index (χ2v) is 4.32. The number of hydrogen-bond acceptors (Lipinski definition) is 4. The summed E-state index contributed by atoms with van der Waals surface area (Å²) in [5.41, 5.74) is 0.371. The summed E-state index contributed by atoms with van der Waals surface area (Å²) >= 11 is 6.01. The molecule has 0 bridgehead atoms. The van der Waals surface area contributed by atoms with E-state index in [0.29, 0.717) is 23.5 Å². The van der Waals surface area contributed by atoms with Crippen molar-refractivity contribution in [2.75, 3.05) is 13.3 Å². The summed E-state index contributed by atoms with van der Waals surface area (Å²) in [5, 5.41) is 9.55. The Morgan fingerprint density at radius 2 is 2.32 bits per heavy atom. The van der Waals surface area contributed by atoms with E-state index in [0.717, 1.165) is 4.90 Å². The highest BCUT2D eigenvalue weighted by molar-refractivity contribution is 6.32. The lowest BCUT2D eigenvalue weighted by atomic mass is 10.0. The van der Waals surface area contributed by atoms with Crippen molar-refractivity contribution >= 4 is 24.0 Å². The van der Waals surface area contributed by atoms with E-state index in [1.165, 1.54) is 12.1 Å². The van der Waals surface area contributed by atoms with Crippen LogP contribution >= 0.6 is 11.6 Å². The smallest absolute Gasteiger partial charge is 0.331 e. The Bertz CT molecular complexity index is 519. The number of carboxylic acids is 1. The van der Waals surface area contributed by atoms with Crippen molar-refractivity contribution in [3.63, 3.8) is 0 Å². The van der Waals surface area contributed by atoms with Crippen LogP contribution in [0.1, 0.15) is 18.5 Å². The van der Waals surface area contributed by atoms with Gasteiger partial charge >= 0.3 is 5.97 Å². The highest BCUT2D eigenvalue weighted by Crippen LogP contribution is 2.41. The lowest BCUT2D eigenvalue weighted by molar-refractivity contribution is -0.146. The number of ether oxygens (including phenoxy) is 2. The molecular weight excluding hydrogens is 274 g/mol. The van der Waals surface area contributed by atoms with Crippen LogP contribution in [0.15, 0.2) is 12.1 Å². The van der Waals surface area contributed by atoms with Gasteiger partial charge in [-0.1, -0.05) is 11.6 Å². The molecule has 0 saturated heterocycles. The number of rotatable bonds is 5. The fourth-order valence-electron chi connectivity index (χ4n) is 1.94. The molecule has 1 aromatic rings. The predicted molar refractivity (Wildman–Crippen MR) is 66.4 cm³/mol. The molecule has 0 saturated carbocycles. The molecule has 1 heterocycles. The van der Waals surface area contributed by atoms with E-state index < -0.39 is 12.0 Å². The van der Waals surface area contributed by atoms with Gasteiger partial charge in [-0.25, -0.2) is 4.79 Å². The van der Waals surface area contributed by atoms with Crippen LogP contribution < -0.4 is 9.47 Å². The molecule has 0 spiro atoms. The molecular formula is C12H12ClNO5. The number of amides is 1. The zero-order valence-electron chi connectivity index (χ0n) is 10.1. The predicted octanol–water partition coefficient (Wildman–Crippen LogP) is 1.67. The number of nitrogens with zero attached hydrogens (tertiary/aromatic N) is 1. The molecule has 102 valence electrons. The van der Waals surface area contributed by atoms with Crippen molar-refractivity contribution in [2.45, 2.75) is 13.0 Å². The third kappa shape index (κ3) is 2.44. The quantitative estimate of drug-likeness (QED) is 0.833. The average molecular weight is 286 g/mol. The van der Waals surface area contributed by atoms with Crippen LogP contribution in [-0.4, -0.2) is 35.7 Å². The van der Waals surface area contributed by atoms with Crippen molar-refractivity contribution in [3.05, 3.63) is 22.7 Å². The number of halogens is 1. The zero-order valence-corrected chi connectivity index (χ0v) is 10.9. The van der Waals surface area contributed by atoms with Gasteiger partial charge in [0.15, 0.2) is 17.5 Å². The topological polar surface area (TPSA) is 76.1 Å². The van der Waals surface area contributed by atoms with Crippen molar-refractivity contribution in [3.8, 4) is 11.5 Å². The monoisotopic (exact) mass is 285 g/mol. The molecule has 1 N–H and O–H groups in total. The van der Waals surface area contributed by atoms with Gasteiger partial charge in [0.1, 0.15) is 0 Å². The minimum absolute atomic E-state index is 0.0431. The molecule has 0 aromatic heterocycles. The number of likely N-dealkylation sites (N-methyl/N-ethyl adjacent to an activating group) is 1. The Morgan fingerprint density at radius 3 is 2.89 bits per heavy atom. The molecule has 0 radical (unpaired) electrons. The van der Waals surface area contributed by atoms with Gasteiger partial charge in [-0.15, -0.1) is 0 Å². The summed E-state index contributed by atoms with van der Waals surface area (Å²) in [7, 11) is 0. The SMILES string of the molecule is CCN(C=O)C(C(=O)O)c1cc(Cl)c2c(c1)OCO2. The van der Waals surface area contributed by atoms with Gasteiger partial charge in [-0.3, -0.25) is 4.79 Å². The van der Waals surface area contributed by atoms with Gasteiger partial charge in [0.05, 0.1) is 5.02 Å². The molecule has 0 aliphatic carbocycles. The normalized spacial score (nSPS) is 14.0. The van der Waals surface area contributed by atoms with Gasteiger partial charge in [0.2, 0.25) is 13.2 Å². The van der Waals surface area contributed by atoms with E-state index in [2.05, 4.69) is 0 Å². The lowest BCUT2D eigenvalue weighted by Crippen LogP contribution is -2.32. The Hall–Kier alpha value is -1.95. The number of carbonyl (C=O) groups excluding carboxylic acids is 1. The number of fused-ring (bicyclic) bond motifs is 1. The maximum atomic E-state index is 11.4. The summed E-state index contributed by atoms with van der Waals surface area (Å²) in [4.78, 5) is 23.5. The number of carboxylic acid groups (broad SMARTS) is 1. The Balaban J connectivity index is 2.46. The van der Waals surface area contributed by atoms with Gasteiger partial charge in [0, 0.05) is 6.54 Å². The maximum Gasteiger partial charge on any atom is 0.331 e. The third-order valence-corrected chi connectivity index (χ3v) is 3.11. The van der Waals surface area contributed by atoms with E-state index in [-0.39, 0.29) is 18.4 Å². The lowest BCUT2D eigenvalue weighted by Gasteiger charge is -2.24. The van der Waals surface area contributed by atoms with Gasteiger partial charge < -0.3 is 19.5 Å². The van der Waals surface area contributed by atoms with Gasteiger partial charge in [-0.05, 0) is 24.6 Å². The van der Waals surface area contributed by atoms with Crippen molar-refractivity contribution < 1.29 is 24.2 Å². The van der Waals surface area contributed by atoms with Crippen LogP contribution in [0.5, 0.6) is 11.5 Å². The van der Waals surface area contributed by atoms with Crippen LogP contribution in [0.3, 0.4) is 0 Å². The molecule has 0 fully saturated rings. The highest BCUT2D eigenvalue weighted by Gasteiger charge is 2.29. The Kier molecular flexibility index (Phi) is 3.80. The molecule has 1 unspecified atom stereocenters. The highest BCUT2D eigenvalue weighted by atomic mass is 35.5. The van der Waals surface area contributed by atoms with E-state index in [4.69, 9.17) is 21.1 Å². The minimum atomic E-state index is -1.14. The first-order valence-electron chi connectivity index (χ1n) is 5.61. The standard InChI is InChI=1S/C12H12ClNO5/c1-2-14(5-15)10(12(16)17)7-3-8(13)11-9(4-7)18-6-19-11/h3-5,10H,2,6H2,1H3,(H,16,17). The molecule has 19 heavy (non-hydrogen) atoms.